The standard InChI is InChI=1S/C23H23NO3.ClH/c1-27-21-15-19(14-20(25)16-21)22(26)12-13-24-23(17-8-4-2-5-9-17)18-10-6-3-7-11-18;/h2-11,14-16,23-25H,12-13H2,1H3;1H. The van der Waals surface area contributed by atoms with Gasteiger partial charge in [-0.3, -0.25) is 4.79 Å². The molecule has 3 N–H and O–H groups in total. The van der Waals surface area contributed by atoms with Crippen molar-refractivity contribution >= 4 is 5.78 Å². The Morgan fingerprint density at radius 1 is 0.964 bits per heavy atom. The molecule has 0 spiro atoms. The molecule has 0 aliphatic heterocycles. The van der Waals surface area contributed by atoms with E-state index in [1.165, 1.54) is 30.4 Å². The van der Waals surface area contributed by atoms with Crippen LogP contribution in [0.4, 0.5) is 0 Å². The summed E-state index contributed by atoms with van der Waals surface area (Å²) in [5.74, 6) is 0.502. The smallest absolute Gasteiger partial charge is 0.168 e. The number of ketones is 1. The van der Waals surface area contributed by atoms with E-state index in [9.17, 15) is 9.90 Å². The summed E-state index contributed by atoms with van der Waals surface area (Å²) in [4.78, 5) is 12.5. The number of phenolic OH excluding ortho intramolecular Hbond substituents is 1. The van der Waals surface area contributed by atoms with E-state index < -0.39 is 0 Å². The summed E-state index contributed by atoms with van der Waals surface area (Å²) in [6.07, 6.45) is 0.378. The fourth-order valence-corrected chi connectivity index (χ4v) is 3.17. The van der Waals surface area contributed by atoms with Gasteiger partial charge in [0.15, 0.2) is 5.78 Å². The number of rotatable bonds is 8. The molecule has 3 rings (SSSR count). The van der Waals surface area contributed by atoms with Crippen molar-refractivity contribution in [2.45, 2.75) is 12.5 Å². The van der Waals surface area contributed by atoms with Crippen LogP contribution in [-0.4, -0.2) is 24.5 Å². The molecule has 3 aromatic carbocycles. The lowest BCUT2D eigenvalue weighted by Crippen LogP contribution is -3.00. The Morgan fingerprint density at radius 2 is 1.54 bits per heavy atom. The van der Waals surface area contributed by atoms with Crippen molar-refractivity contribution in [1.29, 1.82) is 0 Å². The Hall–Kier alpha value is -2.82. The minimum Gasteiger partial charge on any atom is -1.00 e. The molecule has 0 saturated carbocycles. The number of Topliss-reactive ketones (excluding diaryl/α,β-unsaturated/α-hetero) is 1. The van der Waals surface area contributed by atoms with Gasteiger partial charge in [0.1, 0.15) is 17.5 Å². The molecule has 0 bridgehead atoms. The lowest BCUT2D eigenvalue weighted by atomic mass is 9.98. The number of carbonyl (C=O) groups excluding carboxylic acids is 1. The molecular formula is C23H24ClNO3. The second-order valence-electron chi connectivity index (χ2n) is 6.42. The van der Waals surface area contributed by atoms with Crippen LogP contribution in [0.1, 0.15) is 33.9 Å². The third-order valence-corrected chi connectivity index (χ3v) is 4.54. The van der Waals surface area contributed by atoms with Crippen LogP contribution in [0.3, 0.4) is 0 Å². The summed E-state index contributed by atoms with van der Waals surface area (Å²) in [7, 11) is 1.52. The molecule has 0 fully saturated rings. The molecule has 0 amide bonds. The second kappa shape index (κ2) is 10.5. The van der Waals surface area contributed by atoms with Crippen LogP contribution in [0, 0.1) is 0 Å². The number of hydrogen-bond donors (Lipinski definition) is 2. The van der Waals surface area contributed by atoms with Gasteiger partial charge >= 0.3 is 0 Å². The number of nitrogens with two attached hydrogens (primary N) is 1. The summed E-state index contributed by atoms with van der Waals surface area (Å²) >= 11 is 0. The van der Waals surface area contributed by atoms with Gasteiger partial charge < -0.3 is 27.6 Å². The van der Waals surface area contributed by atoms with E-state index in [1.54, 1.807) is 6.07 Å². The maximum Gasteiger partial charge on any atom is 0.168 e. The van der Waals surface area contributed by atoms with Crippen molar-refractivity contribution in [3.63, 3.8) is 0 Å². The topological polar surface area (TPSA) is 63.1 Å². The first kappa shape index (κ1) is 21.5. The molecule has 0 radical (unpaired) electrons. The number of quaternary nitrogens is 1. The van der Waals surface area contributed by atoms with Gasteiger partial charge in [0, 0.05) is 22.8 Å². The van der Waals surface area contributed by atoms with Gasteiger partial charge in [-0.2, -0.15) is 0 Å². The van der Waals surface area contributed by atoms with Crippen LogP contribution in [0.25, 0.3) is 0 Å². The van der Waals surface area contributed by atoms with Gasteiger partial charge in [0.2, 0.25) is 0 Å². The molecule has 0 heterocycles. The molecule has 0 saturated heterocycles. The number of methoxy groups -OCH3 is 1. The van der Waals surface area contributed by atoms with Gasteiger partial charge in [0.25, 0.3) is 0 Å². The highest BCUT2D eigenvalue weighted by molar-refractivity contribution is 5.96. The number of carbonyl (C=O) groups is 1. The van der Waals surface area contributed by atoms with Gasteiger partial charge in [-0.25, -0.2) is 0 Å². The largest absolute Gasteiger partial charge is 1.00 e. The van der Waals surface area contributed by atoms with Crippen molar-refractivity contribution in [3.05, 3.63) is 95.6 Å². The highest BCUT2D eigenvalue weighted by Gasteiger charge is 2.18. The van der Waals surface area contributed by atoms with E-state index in [1.807, 2.05) is 36.4 Å². The van der Waals surface area contributed by atoms with Crippen molar-refractivity contribution in [2.75, 3.05) is 13.7 Å². The van der Waals surface area contributed by atoms with Gasteiger partial charge in [-0.1, -0.05) is 60.7 Å². The van der Waals surface area contributed by atoms with Crippen LogP contribution < -0.4 is 22.5 Å². The molecule has 28 heavy (non-hydrogen) atoms. The van der Waals surface area contributed by atoms with Gasteiger partial charge in [0.05, 0.1) is 20.1 Å². The fourth-order valence-electron chi connectivity index (χ4n) is 3.17. The van der Waals surface area contributed by atoms with Crippen LogP contribution >= 0.6 is 0 Å². The molecule has 3 aromatic rings. The molecule has 0 aliphatic rings. The quantitative estimate of drug-likeness (QED) is 0.538. The van der Waals surface area contributed by atoms with E-state index in [0.29, 0.717) is 24.3 Å². The van der Waals surface area contributed by atoms with E-state index in [0.717, 1.165) is 0 Å². The normalized spacial score (nSPS) is 10.4. The molecular weight excluding hydrogens is 374 g/mol. The first-order chi connectivity index (χ1) is 13.2. The highest BCUT2D eigenvalue weighted by atomic mass is 35.5. The Balaban J connectivity index is 0.00000280. The molecule has 146 valence electrons. The van der Waals surface area contributed by atoms with Gasteiger partial charge in [-0.05, 0) is 12.1 Å². The number of halogens is 1. The molecule has 5 heteroatoms. The molecule has 0 aliphatic carbocycles. The third-order valence-electron chi connectivity index (χ3n) is 4.54. The second-order valence-corrected chi connectivity index (χ2v) is 6.42. The van der Waals surface area contributed by atoms with Crippen LogP contribution in [0.2, 0.25) is 0 Å². The van der Waals surface area contributed by atoms with Crippen molar-refractivity contribution in [2.24, 2.45) is 0 Å². The van der Waals surface area contributed by atoms with E-state index in [4.69, 9.17) is 4.74 Å². The number of ether oxygens (including phenoxy) is 1. The predicted octanol–water partition coefficient (Wildman–Crippen LogP) is 0.331. The van der Waals surface area contributed by atoms with Gasteiger partial charge in [-0.15, -0.1) is 0 Å². The van der Waals surface area contributed by atoms with Crippen LogP contribution in [-0.2, 0) is 0 Å². The maximum atomic E-state index is 12.5. The predicted molar refractivity (Wildman–Crippen MR) is 105 cm³/mol. The fraction of sp³-hybridized carbons (Fsp3) is 0.174. The Bertz CT molecular complexity index is 845. The number of hydrogen-bond acceptors (Lipinski definition) is 3. The zero-order valence-corrected chi connectivity index (χ0v) is 16.5. The summed E-state index contributed by atoms with van der Waals surface area (Å²) in [5, 5.41) is 11.9. The SMILES string of the molecule is COc1cc(O)cc(C(=O)CC[NH2+]C(c2ccccc2)c2ccccc2)c1.[Cl-]. The highest BCUT2D eigenvalue weighted by Crippen LogP contribution is 2.22. The lowest BCUT2D eigenvalue weighted by Gasteiger charge is -2.16. The minimum absolute atomic E-state index is 0. The number of aromatic hydroxyl groups is 1. The van der Waals surface area contributed by atoms with Crippen LogP contribution in [0.15, 0.2) is 78.9 Å². The summed E-state index contributed by atoms with van der Waals surface area (Å²) < 4.78 is 5.12. The van der Waals surface area contributed by atoms with E-state index in [2.05, 4.69) is 29.6 Å². The first-order valence-corrected chi connectivity index (χ1v) is 9.02. The van der Waals surface area contributed by atoms with Crippen molar-refractivity contribution in [1.82, 2.24) is 0 Å². The Kier molecular flexibility index (Phi) is 8.05. The lowest BCUT2D eigenvalue weighted by molar-refractivity contribution is -0.686. The number of phenols is 1. The maximum absolute atomic E-state index is 12.5. The summed E-state index contributed by atoms with van der Waals surface area (Å²) in [6, 6.07) is 25.3. The Labute approximate surface area is 171 Å². The summed E-state index contributed by atoms with van der Waals surface area (Å²) in [6.45, 7) is 0.644. The molecule has 0 atom stereocenters. The monoisotopic (exact) mass is 397 g/mol. The van der Waals surface area contributed by atoms with E-state index in [-0.39, 0.29) is 30.0 Å². The average molecular weight is 398 g/mol. The molecule has 0 unspecified atom stereocenters. The minimum atomic E-state index is -0.0136. The first-order valence-electron chi connectivity index (χ1n) is 9.02. The van der Waals surface area contributed by atoms with Crippen LogP contribution in [0.5, 0.6) is 11.5 Å². The Morgan fingerprint density at radius 3 is 2.07 bits per heavy atom. The average Bonchev–Trinajstić information content (AvgIpc) is 2.72. The molecule has 4 nitrogen and oxygen atoms in total. The zero-order valence-electron chi connectivity index (χ0n) is 15.7. The van der Waals surface area contributed by atoms with Crippen molar-refractivity contribution in [3.8, 4) is 11.5 Å². The molecule has 0 aromatic heterocycles. The third kappa shape index (κ3) is 5.59. The van der Waals surface area contributed by atoms with E-state index >= 15 is 0 Å². The number of benzene rings is 3. The summed E-state index contributed by atoms with van der Waals surface area (Å²) in [5.41, 5.74) is 2.88. The zero-order chi connectivity index (χ0) is 19.1. The van der Waals surface area contributed by atoms with Crippen molar-refractivity contribution < 1.29 is 32.4 Å².